The summed E-state index contributed by atoms with van der Waals surface area (Å²) in [7, 11) is 0. The molecule has 0 bridgehead atoms. The van der Waals surface area contributed by atoms with Crippen LogP contribution >= 0.6 is 0 Å². The lowest BCUT2D eigenvalue weighted by atomic mass is 9.37. The number of carboxylic acids is 1. The van der Waals surface area contributed by atoms with Crippen LogP contribution in [-0.4, -0.2) is 17.2 Å². The second kappa shape index (κ2) is 9.66. The topological polar surface area (TPSA) is 46.5 Å². The van der Waals surface area contributed by atoms with E-state index in [1.807, 2.05) is 6.92 Å². The third-order valence-corrected chi connectivity index (χ3v) is 12.1. The highest BCUT2D eigenvalue weighted by Crippen LogP contribution is 2.74. The lowest BCUT2D eigenvalue weighted by Crippen LogP contribution is -2.61. The molecule has 0 heterocycles. The summed E-state index contributed by atoms with van der Waals surface area (Å²) in [5.41, 5.74) is 3.57. The average Bonchev–Trinajstić information content (AvgIpc) is 3.05. The van der Waals surface area contributed by atoms with E-state index in [1.54, 1.807) is 0 Å². The van der Waals surface area contributed by atoms with Crippen LogP contribution in [0.1, 0.15) is 113 Å². The van der Waals surface area contributed by atoms with Gasteiger partial charge in [-0.1, -0.05) is 52.8 Å². The lowest BCUT2D eigenvalue weighted by molar-refractivity contribution is -0.190. The van der Waals surface area contributed by atoms with Crippen LogP contribution in [0.4, 0.5) is 0 Å². The van der Waals surface area contributed by atoms with Crippen LogP contribution in [0.5, 0.6) is 0 Å². The number of ether oxygens (including phenoxy) is 1. The zero-order valence-corrected chi connectivity index (χ0v) is 24.4. The van der Waals surface area contributed by atoms with Crippen molar-refractivity contribution in [3.63, 3.8) is 0 Å². The molecular formula is C33H52O3. The van der Waals surface area contributed by atoms with E-state index in [-0.39, 0.29) is 22.9 Å². The quantitative estimate of drug-likeness (QED) is 0.227. The molecule has 9 atom stereocenters. The van der Waals surface area contributed by atoms with Gasteiger partial charge in [0.05, 0.1) is 5.76 Å². The molecule has 4 rings (SSSR count). The van der Waals surface area contributed by atoms with Crippen molar-refractivity contribution < 1.29 is 14.6 Å². The van der Waals surface area contributed by atoms with E-state index < -0.39 is 5.97 Å². The highest BCUT2D eigenvalue weighted by Gasteiger charge is 2.68. The number of fused-ring (bicyclic) bond motifs is 5. The molecule has 4 aliphatic rings. The van der Waals surface area contributed by atoms with Crippen molar-refractivity contribution >= 4 is 5.97 Å². The van der Waals surface area contributed by atoms with E-state index in [4.69, 9.17) is 4.74 Å². The van der Waals surface area contributed by atoms with Crippen LogP contribution in [0.3, 0.4) is 0 Å². The highest BCUT2D eigenvalue weighted by atomic mass is 16.5. The Bertz CT molecular complexity index is 954. The van der Waals surface area contributed by atoms with Gasteiger partial charge < -0.3 is 9.84 Å². The Morgan fingerprint density at radius 2 is 1.75 bits per heavy atom. The van der Waals surface area contributed by atoms with Crippen LogP contribution in [0, 0.1) is 45.8 Å². The van der Waals surface area contributed by atoms with E-state index in [2.05, 4.69) is 61.1 Å². The lowest BCUT2D eigenvalue weighted by Gasteiger charge is -2.68. The van der Waals surface area contributed by atoms with Gasteiger partial charge in [-0.25, -0.2) is 4.79 Å². The van der Waals surface area contributed by atoms with Gasteiger partial charge in [-0.2, -0.15) is 0 Å². The molecule has 4 fully saturated rings. The van der Waals surface area contributed by atoms with Crippen molar-refractivity contribution in [3.05, 3.63) is 35.1 Å². The minimum absolute atomic E-state index is 0.0445. The average molecular weight is 497 g/mol. The molecule has 4 saturated carbocycles. The fraction of sp³-hybridized carbons (Fsp3) is 0.788. The summed E-state index contributed by atoms with van der Waals surface area (Å²) in [4.78, 5) is 12.7. The van der Waals surface area contributed by atoms with Gasteiger partial charge in [0.1, 0.15) is 6.10 Å². The molecule has 0 amide bonds. The Morgan fingerprint density at radius 3 is 2.36 bits per heavy atom. The third-order valence-electron chi connectivity index (χ3n) is 12.1. The predicted octanol–water partition coefficient (Wildman–Crippen LogP) is 8.96. The van der Waals surface area contributed by atoms with Gasteiger partial charge >= 0.3 is 5.97 Å². The SMILES string of the molecule is C=C(C)OC1C[C@@]2(C)[C@@H](CC[C@H]3[C@@]4(C)CC[C@@H](C)[C@H](C)[C@@H]4CC[C@@]32C)/C1=C(\CCC=C(C)C)C(=O)O. The Morgan fingerprint density at radius 1 is 1.06 bits per heavy atom. The molecule has 4 aliphatic carbocycles. The summed E-state index contributed by atoms with van der Waals surface area (Å²) in [6.45, 7) is 22.8. The molecule has 0 radical (unpaired) electrons. The molecule has 36 heavy (non-hydrogen) atoms. The van der Waals surface area contributed by atoms with Crippen LogP contribution in [-0.2, 0) is 9.53 Å². The number of rotatable bonds is 6. The molecule has 0 aromatic carbocycles. The van der Waals surface area contributed by atoms with Crippen molar-refractivity contribution in [2.24, 2.45) is 45.8 Å². The van der Waals surface area contributed by atoms with Crippen molar-refractivity contribution in [1.82, 2.24) is 0 Å². The molecule has 202 valence electrons. The molecule has 3 heteroatoms. The molecule has 0 aromatic heterocycles. The summed E-state index contributed by atoms with van der Waals surface area (Å²) in [5, 5.41) is 10.4. The fourth-order valence-electron chi connectivity index (χ4n) is 9.97. The second-order valence-corrected chi connectivity index (χ2v) is 14.1. The van der Waals surface area contributed by atoms with Gasteiger partial charge in [0.15, 0.2) is 0 Å². The van der Waals surface area contributed by atoms with E-state index in [1.165, 1.54) is 37.7 Å². The van der Waals surface area contributed by atoms with Crippen molar-refractivity contribution in [2.75, 3.05) is 0 Å². The molecule has 0 aliphatic heterocycles. The smallest absolute Gasteiger partial charge is 0.331 e. The number of hydrogen-bond donors (Lipinski definition) is 1. The first-order chi connectivity index (χ1) is 16.8. The molecule has 0 aromatic rings. The maximum atomic E-state index is 12.7. The highest BCUT2D eigenvalue weighted by molar-refractivity contribution is 5.88. The maximum absolute atomic E-state index is 12.7. The second-order valence-electron chi connectivity index (χ2n) is 14.1. The van der Waals surface area contributed by atoms with Gasteiger partial charge in [0.2, 0.25) is 0 Å². The Hall–Kier alpha value is -1.51. The van der Waals surface area contributed by atoms with Gasteiger partial charge in [-0.05, 0) is 130 Å². The number of allylic oxidation sites excluding steroid dienone is 3. The molecule has 0 saturated heterocycles. The standard InChI is InChI=1S/C33H52O3/c1-20(2)11-10-12-24(30(34)35)29-26-13-14-28-31(7)17-15-22(5)23(6)25(31)16-18-32(28,8)33(26,9)19-27(29)36-21(3)4/h11,22-23,25-28H,3,10,12-19H2,1-2,4-9H3,(H,34,35)/b29-24-/t22-,23+,25+,26+,27?,28+,31+,32+,33+/m1/s1. The third kappa shape index (κ3) is 4.21. The largest absolute Gasteiger partial charge is 0.491 e. The van der Waals surface area contributed by atoms with E-state index in [0.29, 0.717) is 29.1 Å². The van der Waals surface area contributed by atoms with Gasteiger partial charge in [-0.3, -0.25) is 0 Å². The minimum atomic E-state index is -0.759. The van der Waals surface area contributed by atoms with Gasteiger partial charge in [0, 0.05) is 5.57 Å². The van der Waals surface area contributed by atoms with Crippen LogP contribution in [0.15, 0.2) is 35.1 Å². The van der Waals surface area contributed by atoms with E-state index in [0.717, 1.165) is 42.6 Å². The first-order valence-electron chi connectivity index (χ1n) is 14.7. The monoisotopic (exact) mass is 496 g/mol. The Kier molecular flexibility index (Phi) is 7.39. The minimum Gasteiger partial charge on any atom is -0.491 e. The van der Waals surface area contributed by atoms with Gasteiger partial charge in [0.25, 0.3) is 0 Å². The van der Waals surface area contributed by atoms with Crippen LogP contribution in [0.2, 0.25) is 0 Å². The molecule has 1 unspecified atom stereocenters. The molecular weight excluding hydrogens is 444 g/mol. The number of carboxylic acid groups (broad SMARTS) is 1. The summed E-state index contributed by atoms with van der Waals surface area (Å²) < 4.78 is 6.40. The molecule has 0 spiro atoms. The van der Waals surface area contributed by atoms with E-state index >= 15 is 0 Å². The zero-order valence-electron chi connectivity index (χ0n) is 24.4. The van der Waals surface area contributed by atoms with Crippen molar-refractivity contribution in [2.45, 2.75) is 119 Å². The normalized spacial score (nSPS) is 45.1. The maximum Gasteiger partial charge on any atom is 0.331 e. The molecule has 3 nitrogen and oxygen atoms in total. The van der Waals surface area contributed by atoms with Crippen molar-refractivity contribution in [1.29, 1.82) is 0 Å². The van der Waals surface area contributed by atoms with Crippen LogP contribution in [0.25, 0.3) is 0 Å². The number of carbonyl (C=O) groups is 1. The molecule has 1 N–H and O–H groups in total. The van der Waals surface area contributed by atoms with E-state index in [9.17, 15) is 9.90 Å². The van der Waals surface area contributed by atoms with Gasteiger partial charge in [-0.15, -0.1) is 0 Å². The summed E-state index contributed by atoms with van der Waals surface area (Å²) in [6.07, 6.45) is 11.8. The zero-order chi connectivity index (χ0) is 26.6. The first-order valence-corrected chi connectivity index (χ1v) is 14.7. The first kappa shape index (κ1) is 27.5. The number of aliphatic carboxylic acids is 1. The van der Waals surface area contributed by atoms with Crippen LogP contribution < -0.4 is 0 Å². The number of hydrogen-bond acceptors (Lipinski definition) is 2. The Labute approximate surface area is 220 Å². The van der Waals surface area contributed by atoms with Crippen molar-refractivity contribution in [3.8, 4) is 0 Å². The fourth-order valence-corrected chi connectivity index (χ4v) is 9.97. The summed E-state index contributed by atoms with van der Waals surface area (Å²) in [5.74, 6) is 3.35. The summed E-state index contributed by atoms with van der Waals surface area (Å²) >= 11 is 0. The summed E-state index contributed by atoms with van der Waals surface area (Å²) in [6, 6.07) is 0. The Balaban J connectivity index is 1.77. The predicted molar refractivity (Wildman–Crippen MR) is 148 cm³/mol.